The van der Waals surface area contributed by atoms with E-state index in [4.69, 9.17) is 4.98 Å². The van der Waals surface area contributed by atoms with Gasteiger partial charge in [0.1, 0.15) is 0 Å². The van der Waals surface area contributed by atoms with E-state index in [1.165, 1.54) is 45.5 Å². The van der Waals surface area contributed by atoms with E-state index in [9.17, 15) is 0 Å². The van der Waals surface area contributed by atoms with Crippen molar-refractivity contribution in [1.82, 2.24) is 10.3 Å². The molecule has 3 atom stereocenters. The second-order valence-electron chi connectivity index (χ2n) is 11.0. The molecule has 3 unspecified atom stereocenters. The first-order valence-electron chi connectivity index (χ1n) is 13.8. The van der Waals surface area contributed by atoms with E-state index in [2.05, 4.69) is 101 Å². The molecule has 0 radical (unpaired) electrons. The third-order valence-corrected chi connectivity index (χ3v) is 8.04. The first-order valence-corrected chi connectivity index (χ1v) is 13.8. The van der Waals surface area contributed by atoms with Gasteiger partial charge in [-0.05, 0) is 97.2 Å². The van der Waals surface area contributed by atoms with Crippen molar-refractivity contribution in [2.24, 2.45) is 17.8 Å². The Labute approximate surface area is 213 Å². The minimum absolute atomic E-state index is 0.438. The predicted octanol–water partition coefficient (Wildman–Crippen LogP) is 7.91. The highest BCUT2D eigenvalue weighted by molar-refractivity contribution is 5.68. The number of nitrogens with zero attached hydrogens (tertiary/aromatic N) is 1. The van der Waals surface area contributed by atoms with Crippen molar-refractivity contribution in [2.45, 2.75) is 79.7 Å². The Bertz CT molecular complexity index is 1110. The Morgan fingerprint density at radius 3 is 2.26 bits per heavy atom. The summed E-state index contributed by atoms with van der Waals surface area (Å²) in [5.41, 5.74) is 10.9. The molecule has 0 bridgehead atoms. The second-order valence-corrected chi connectivity index (χ2v) is 11.0. The molecule has 0 fully saturated rings. The summed E-state index contributed by atoms with van der Waals surface area (Å²) in [5.74, 6) is 1.85. The summed E-state index contributed by atoms with van der Waals surface area (Å²) in [7, 11) is 0. The van der Waals surface area contributed by atoms with Crippen molar-refractivity contribution in [3.05, 3.63) is 88.1 Å². The molecule has 2 nitrogen and oxygen atoms in total. The smallest absolute Gasteiger partial charge is 0.0710 e. The normalized spacial score (nSPS) is 17.3. The SMILES string of the molecule is CCc1cccc(CC)c1-c1ccc(CC(C)C(CC(C)C)C2NCCc3ccccc32)c(C)n1. The average molecular weight is 469 g/mol. The Balaban J connectivity index is 1.61. The third-order valence-electron chi connectivity index (χ3n) is 8.04. The highest BCUT2D eigenvalue weighted by atomic mass is 14.9. The number of hydrogen-bond donors (Lipinski definition) is 1. The first-order chi connectivity index (χ1) is 16.9. The third kappa shape index (κ3) is 5.70. The van der Waals surface area contributed by atoms with Gasteiger partial charge in [0.05, 0.1) is 5.69 Å². The molecule has 2 aromatic carbocycles. The summed E-state index contributed by atoms with van der Waals surface area (Å²) in [6.07, 6.45) is 5.53. The fourth-order valence-corrected chi connectivity index (χ4v) is 6.18. The molecule has 0 saturated carbocycles. The summed E-state index contributed by atoms with van der Waals surface area (Å²) < 4.78 is 0. The van der Waals surface area contributed by atoms with Gasteiger partial charge >= 0.3 is 0 Å². The lowest BCUT2D eigenvalue weighted by molar-refractivity contribution is 0.217. The summed E-state index contributed by atoms with van der Waals surface area (Å²) in [6.45, 7) is 15.0. The second kappa shape index (κ2) is 11.5. The van der Waals surface area contributed by atoms with Crippen LogP contribution in [0.15, 0.2) is 54.6 Å². The van der Waals surface area contributed by atoms with Crippen LogP contribution < -0.4 is 5.32 Å². The van der Waals surface area contributed by atoms with E-state index < -0.39 is 0 Å². The van der Waals surface area contributed by atoms with Crippen LogP contribution in [0.25, 0.3) is 11.3 Å². The molecule has 1 aliphatic rings. The standard InChI is InChI=1S/C33H44N2/c1-7-25-13-11-14-26(8-2)32(25)31-17-16-28(24(6)35-31)21-23(5)30(20-22(3)4)33-29-15-10-9-12-27(29)18-19-34-33/h9-17,22-23,30,33-34H,7-8,18-21H2,1-6H3. The van der Waals surface area contributed by atoms with Crippen LogP contribution in [0.1, 0.15) is 80.6 Å². The Morgan fingerprint density at radius 1 is 0.886 bits per heavy atom. The predicted molar refractivity (Wildman–Crippen MR) is 150 cm³/mol. The topological polar surface area (TPSA) is 24.9 Å². The lowest BCUT2D eigenvalue weighted by Crippen LogP contribution is -2.38. The summed E-state index contributed by atoms with van der Waals surface area (Å²) in [5, 5.41) is 3.90. The number of nitrogens with one attached hydrogen (secondary N) is 1. The molecule has 1 aliphatic heterocycles. The molecule has 35 heavy (non-hydrogen) atoms. The highest BCUT2D eigenvalue weighted by Gasteiger charge is 2.32. The van der Waals surface area contributed by atoms with Gasteiger partial charge in [-0.25, -0.2) is 0 Å². The van der Waals surface area contributed by atoms with Gasteiger partial charge in [0.15, 0.2) is 0 Å². The molecule has 0 saturated heterocycles. The van der Waals surface area contributed by atoms with Gasteiger partial charge in [-0.15, -0.1) is 0 Å². The highest BCUT2D eigenvalue weighted by Crippen LogP contribution is 2.38. The van der Waals surface area contributed by atoms with Crippen molar-refractivity contribution in [2.75, 3.05) is 6.54 Å². The van der Waals surface area contributed by atoms with Gasteiger partial charge in [-0.3, -0.25) is 4.98 Å². The number of aromatic nitrogens is 1. The van der Waals surface area contributed by atoms with Crippen LogP contribution >= 0.6 is 0 Å². The van der Waals surface area contributed by atoms with Gasteiger partial charge in [0, 0.05) is 17.3 Å². The number of pyridine rings is 1. The molecular weight excluding hydrogens is 424 g/mol. The maximum Gasteiger partial charge on any atom is 0.0710 e. The molecular formula is C33H44N2. The number of rotatable bonds is 9. The van der Waals surface area contributed by atoms with Crippen LogP contribution in [0.4, 0.5) is 0 Å². The van der Waals surface area contributed by atoms with Crippen molar-refractivity contribution in [1.29, 1.82) is 0 Å². The van der Waals surface area contributed by atoms with Crippen molar-refractivity contribution in [3.8, 4) is 11.3 Å². The molecule has 0 aliphatic carbocycles. The summed E-state index contributed by atoms with van der Waals surface area (Å²) in [4.78, 5) is 5.17. The number of hydrogen-bond acceptors (Lipinski definition) is 2. The average Bonchev–Trinajstić information content (AvgIpc) is 2.87. The molecule has 1 N–H and O–H groups in total. The Hall–Kier alpha value is -2.45. The molecule has 186 valence electrons. The Kier molecular flexibility index (Phi) is 8.44. The van der Waals surface area contributed by atoms with Crippen LogP contribution in [0.2, 0.25) is 0 Å². The molecule has 0 amide bonds. The number of aryl methyl sites for hydroxylation is 3. The molecule has 4 rings (SSSR count). The summed E-state index contributed by atoms with van der Waals surface area (Å²) in [6, 6.07) is 20.9. The minimum atomic E-state index is 0.438. The lowest BCUT2D eigenvalue weighted by atomic mass is 9.74. The largest absolute Gasteiger partial charge is 0.309 e. The maximum atomic E-state index is 5.17. The van der Waals surface area contributed by atoms with E-state index in [-0.39, 0.29) is 0 Å². The quantitative estimate of drug-likeness (QED) is 0.345. The van der Waals surface area contributed by atoms with E-state index in [1.807, 2.05) is 0 Å². The molecule has 3 aromatic rings. The van der Waals surface area contributed by atoms with Crippen LogP contribution in [-0.2, 0) is 25.7 Å². The minimum Gasteiger partial charge on any atom is -0.309 e. The fraction of sp³-hybridized carbons (Fsp3) is 0.485. The summed E-state index contributed by atoms with van der Waals surface area (Å²) >= 11 is 0. The Morgan fingerprint density at radius 2 is 1.60 bits per heavy atom. The molecule has 0 spiro atoms. The van der Waals surface area contributed by atoms with Crippen molar-refractivity contribution >= 4 is 0 Å². The van der Waals surface area contributed by atoms with Gasteiger partial charge in [0.2, 0.25) is 0 Å². The monoisotopic (exact) mass is 468 g/mol. The van der Waals surface area contributed by atoms with Gasteiger partial charge in [-0.1, -0.05) is 83.1 Å². The van der Waals surface area contributed by atoms with E-state index in [1.54, 1.807) is 0 Å². The molecule has 2 heteroatoms. The zero-order valence-corrected chi connectivity index (χ0v) is 22.7. The van der Waals surface area contributed by atoms with Gasteiger partial charge in [0.25, 0.3) is 0 Å². The van der Waals surface area contributed by atoms with E-state index >= 15 is 0 Å². The van der Waals surface area contributed by atoms with Crippen LogP contribution in [0.5, 0.6) is 0 Å². The van der Waals surface area contributed by atoms with Gasteiger partial charge < -0.3 is 5.32 Å². The zero-order valence-electron chi connectivity index (χ0n) is 22.7. The zero-order chi connectivity index (χ0) is 24.9. The van der Waals surface area contributed by atoms with Crippen LogP contribution in [-0.4, -0.2) is 11.5 Å². The first kappa shape index (κ1) is 25.6. The molecule has 2 heterocycles. The van der Waals surface area contributed by atoms with Crippen molar-refractivity contribution in [3.63, 3.8) is 0 Å². The van der Waals surface area contributed by atoms with Crippen LogP contribution in [0, 0.1) is 24.7 Å². The lowest BCUT2D eigenvalue weighted by Gasteiger charge is -2.38. The van der Waals surface area contributed by atoms with E-state index in [0.29, 0.717) is 23.8 Å². The molecule has 1 aromatic heterocycles. The number of fused-ring (bicyclic) bond motifs is 1. The van der Waals surface area contributed by atoms with Crippen LogP contribution in [0.3, 0.4) is 0 Å². The maximum absolute atomic E-state index is 5.17. The fourth-order valence-electron chi connectivity index (χ4n) is 6.18. The van der Waals surface area contributed by atoms with Crippen molar-refractivity contribution < 1.29 is 0 Å². The van der Waals surface area contributed by atoms with Gasteiger partial charge in [-0.2, -0.15) is 0 Å². The number of benzene rings is 2. The van der Waals surface area contributed by atoms with E-state index in [0.717, 1.165) is 37.9 Å².